The van der Waals surface area contributed by atoms with Gasteiger partial charge in [0.1, 0.15) is 0 Å². The summed E-state index contributed by atoms with van der Waals surface area (Å²) in [5.74, 6) is 0. The lowest BCUT2D eigenvalue weighted by Gasteiger charge is -2.46. The first-order valence-corrected chi connectivity index (χ1v) is 20.6. The second kappa shape index (κ2) is 20.8. The maximum atomic E-state index is 12.8. The van der Waals surface area contributed by atoms with Gasteiger partial charge < -0.3 is 47.8 Å². The Morgan fingerprint density at radius 1 is 0.636 bits per heavy atom. The van der Waals surface area contributed by atoms with Crippen LogP contribution < -0.4 is 21.3 Å². The summed E-state index contributed by atoms with van der Waals surface area (Å²) in [5, 5.41) is 12.2. The lowest BCUT2D eigenvalue weighted by molar-refractivity contribution is 0.0698. The van der Waals surface area contributed by atoms with Crippen molar-refractivity contribution < 1.29 is 36.1 Å². The van der Waals surface area contributed by atoms with Crippen molar-refractivity contribution in [3.05, 3.63) is 0 Å². The van der Waals surface area contributed by atoms with Gasteiger partial charge in [-0.1, -0.05) is 20.8 Å². The molecule has 0 aliphatic heterocycles. The Balaban J connectivity index is 2.56. The number of hydrogen-bond acceptors (Lipinski definition) is 8. The second-order valence-electron chi connectivity index (χ2n) is 12.4. The third-order valence-corrected chi connectivity index (χ3v) is 13.8. The Morgan fingerprint density at radius 3 is 1.45 bits per heavy atom. The number of urea groups is 2. The number of amides is 4. The van der Waals surface area contributed by atoms with Crippen LogP contribution in [0.5, 0.6) is 0 Å². The molecule has 0 bridgehead atoms. The van der Waals surface area contributed by atoms with Crippen molar-refractivity contribution >= 4 is 29.7 Å². The monoisotopic (exact) mass is 664 g/mol. The van der Waals surface area contributed by atoms with Crippen molar-refractivity contribution in [1.29, 1.82) is 0 Å². The fourth-order valence-electron chi connectivity index (χ4n) is 6.48. The summed E-state index contributed by atoms with van der Waals surface area (Å²) in [4.78, 5) is 25.5. The van der Waals surface area contributed by atoms with Crippen LogP contribution >= 0.6 is 0 Å². The average molecular weight is 665 g/mol. The number of carbonyl (C=O) groups excluding carboxylic acids is 2. The first-order chi connectivity index (χ1) is 20.9. The van der Waals surface area contributed by atoms with Crippen LogP contribution in [0, 0.1) is 10.8 Å². The first-order valence-electron chi connectivity index (χ1n) is 16.7. The predicted molar refractivity (Wildman–Crippen MR) is 178 cm³/mol. The molecule has 260 valence electrons. The van der Waals surface area contributed by atoms with E-state index in [-0.39, 0.29) is 28.9 Å². The zero-order valence-electron chi connectivity index (χ0n) is 29.2. The third kappa shape index (κ3) is 15.3. The summed E-state index contributed by atoms with van der Waals surface area (Å²) in [5.41, 5.74) is -0.137. The fraction of sp³-hybridized carbons (Fsp3) is 0.933. The average Bonchev–Trinajstić information content (AvgIpc) is 2.92. The van der Waals surface area contributed by atoms with Gasteiger partial charge >= 0.3 is 29.7 Å². The van der Waals surface area contributed by atoms with Crippen LogP contribution in [0.4, 0.5) is 9.59 Å². The van der Waals surface area contributed by atoms with Crippen molar-refractivity contribution in [2.24, 2.45) is 10.8 Å². The zero-order valence-corrected chi connectivity index (χ0v) is 31.2. The SMILES string of the molecule is CCO[Si](CCCNC(=O)NCC1(C)CC(NC(=O)NCCC[Si](OCC)(OCC)OCC)CC(C)(C)C1)(OCC)OCC. The van der Waals surface area contributed by atoms with Crippen LogP contribution in [-0.2, 0) is 26.6 Å². The van der Waals surface area contributed by atoms with Crippen molar-refractivity contribution in [3.8, 4) is 0 Å². The van der Waals surface area contributed by atoms with E-state index in [1.807, 2.05) is 41.5 Å². The maximum absolute atomic E-state index is 12.8. The largest absolute Gasteiger partial charge is 0.500 e. The van der Waals surface area contributed by atoms with Gasteiger partial charge in [0.2, 0.25) is 0 Å². The third-order valence-electron chi connectivity index (χ3n) is 7.53. The molecule has 1 saturated carbocycles. The molecular weight excluding hydrogens is 601 g/mol. The summed E-state index contributed by atoms with van der Waals surface area (Å²) < 4.78 is 35.4. The molecule has 4 N–H and O–H groups in total. The number of rotatable bonds is 23. The van der Waals surface area contributed by atoms with Crippen molar-refractivity contribution in [2.45, 2.75) is 113 Å². The number of nitrogens with one attached hydrogen (secondary N) is 4. The van der Waals surface area contributed by atoms with Crippen molar-refractivity contribution in [1.82, 2.24) is 21.3 Å². The van der Waals surface area contributed by atoms with Crippen molar-refractivity contribution in [2.75, 3.05) is 59.3 Å². The molecule has 1 fully saturated rings. The topological polar surface area (TPSA) is 138 Å². The molecule has 14 heteroatoms. The molecule has 2 unspecified atom stereocenters. The van der Waals surface area contributed by atoms with Gasteiger partial charge in [-0.15, -0.1) is 0 Å². The van der Waals surface area contributed by atoms with E-state index in [2.05, 4.69) is 42.0 Å². The minimum absolute atomic E-state index is 0.00568. The van der Waals surface area contributed by atoms with Crippen LogP contribution in [0.15, 0.2) is 0 Å². The Hall–Kier alpha value is -1.27. The van der Waals surface area contributed by atoms with Gasteiger partial charge in [-0.3, -0.25) is 0 Å². The predicted octanol–water partition coefficient (Wildman–Crippen LogP) is 5.05. The summed E-state index contributed by atoms with van der Waals surface area (Å²) in [6.45, 7) is 23.0. The van der Waals surface area contributed by atoms with E-state index in [4.69, 9.17) is 26.6 Å². The smallest absolute Gasteiger partial charge is 0.374 e. The van der Waals surface area contributed by atoms with Gasteiger partial charge in [0.25, 0.3) is 0 Å². The molecule has 44 heavy (non-hydrogen) atoms. The van der Waals surface area contributed by atoms with Gasteiger partial charge in [0, 0.05) is 77.4 Å². The Bertz CT molecular complexity index is 792. The van der Waals surface area contributed by atoms with Crippen LogP contribution in [0.25, 0.3) is 0 Å². The van der Waals surface area contributed by atoms with E-state index in [1.165, 1.54) is 0 Å². The van der Waals surface area contributed by atoms with Gasteiger partial charge in [-0.05, 0) is 84.5 Å². The molecule has 0 aromatic carbocycles. The quantitative estimate of drug-likeness (QED) is 0.0881. The van der Waals surface area contributed by atoms with Crippen LogP contribution in [-0.4, -0.2) is 95.0 Å². The Kier molecular flexibility index (Phi) is 19.2. The van der Waals surface area contributed by atoms with E-state index in [1.54, 1.807) is 0 Å². The molecule has 0 spiro atoms. The van der Waals surface area contributed by atoms with Crippen molar-refractivity contribution in [3.63, 3.8) is 0 Å². The fourth-order valence-corrected chi connectivity index (χ4v) is 11.7. The summed E-state index contributed by atoms with van der Waals surface area (Å²) in [6, 6.07) is 0.936. The highest BCUT2D eigenvalue weighted by atomic mass is 28.4. The van der Waals surface area contributed by atoms with E-state index in [0.29, 0.717) is 84.2 Å². The zero-order chi connectivity index (χ0) is 33.1. The molecule has 0 saturated heterocycles. The van der Waals surface area contributed by atoms with E-state index < -0.39 is 17.6 Å². The Morgan fingerprint density at radius 2 is 1.05 bits per heavy atom. The molecular formula is C30H64N4O8Si2. The second-order valence-corrected chi connectivity index (χ2v) is 17.9. The first kappa shape index (κ1) is 40.8. The summed E-state index contributed by atoms with van der Waals surface area (Å²) >= 11 is 0. The van der Waals surface area contributed by atoms with E-state index >= 15 is 0 Å². The highest BCUT2D eigenvalue weighted by molar-refractivity contribution is 6.61. The molecule has 2 atom stereocenters. The molecule has 0 aromatic heterocycles. The van der Waals surface area contributed by atoms with E-state index in [9.17, 15) is 9.59 Å². The van der Waals surface area contributed by atoms with Gasteiger partial charge in [0.15, 0.2) is 0 Å². The normalized spacial score (nSPS) is 20.2. The van der Waals surface area contributed by atoms with Crippen LogP contribution in [0.3, 0.4) is 0 Å². The highest BCUT2D eigenvalue weighted by Crippen LogP contribution is 2.45. The standard InChI is InChI=1S/C30H64N4O8Si2/c1-10-37-43(38-11-2,39-12-3)20-16-18-31-27(35)33-25-30(9)23-26(22-29(7,8)24-30)34-28(36)32-19-17-21-44(40-13-4,41-14-5)42-15-6/h26H,10-25H2,1-9H3,(H2,31,33,35)(H2,32,34,36). The van der Waals surface area contributed by atoms with Gasteiger partial charge in [0.05, 0.1) is 0 Å². The molecule has 0 heterocycles. The Labute approximate surface area is 269 Å². The molecule has 1 rings (SSSR count). The van der Waals surface area contributed by atoms with Crippen LogP contribution in [0.2, 0.25) is 12.1 Å². The highest BCUT2D eigenvalue weighted by Gasteiger charge is 2.43. The van der Waals surface area contributed by atoms with Gasteiger partial charge in [-0.25, -0.2) is 9.59 Å². The molecule has 4 amide bonds. The maximum Gasteiger partial charge on any atom is 0.500 e. The molecule has 1 aliphatic rings. The molecule has 1 aliphatic carbocycles. The molecule has 0 aromatic rings. The molecule has 12 nitrogen and oxygen atoms in total. The molecule has 0 radical (unpaired) electrons. The number of hydrogen-bond donors (Lipinski definition) is 4. The minimum Gasteiger partial charge on any atom is -0.374 e. The lowest BCUT2D eigenvalue weighted by Crippen LogP contribution is -2.53. The van der Waals surface area contributed by atoms with E-state index in [0.717, 1.165) is 19.3 Å². The van der Waals surface area contributed by atoms with Gasteiger partial charge in [-0.2, -0.15) is 0 Å². The summed E-state index contributed by atoms with van der Waals surface area (Å²) in [7, 11) is -5.44. The minimum atomic E-state index is -2.72. The van der Waals surface area contributed by atoms with Crippen LogP contribution in [0.1, 0.15) is 94.4 Å². The lowest BCUT2D eigenvalue weighted by atomic mass is 9.62. The number of carbonyl (C=O) groups is 2. The summed E-state index contributed by atoms with van der Waals surface area (Å²) in [6.07, 6.45) is 4.02.